The summed E-state index contributed by atoms with van der Waals surface area (Å²) in [6.07, 6.45) is 0.408. The molecule has 4 nitrogen and oxygen atoms in total. The number of rotatable bonds is 6. The lowest BCUT2D eigenvalue weighted by molar-refractivity contribution is 0.293. The van der Waals surface area contributed by atoms with E-state index in [1.807, 2.05) is 6.07 Å². The first-order chi connectivity index (χ1) is 6.13. The van der Waals surface area contributed by atoms with Gasteiger partial charge in [-0.05, 0) is 13.8 Å². The largest absolute Gasteiger partial charge is 0.331 e. The zero-order chi connectivity index (χ0) is 10.3. The van der Waals surface area contributed by atoms with Crippen molar-refractivity contribution in [1.82, 2.24) is 4.67 Å². The molecule has 0 bridgehead atoms. The third kappa shape index (κ3) is 5.17. The van der Waals surface area contributed by atoms with Crippen LogP contribution in [0.3, 0.4) is 0 Å². The van der Waals surface area contributed by atoms with Gasteiger partial charge in [-0.3, -0.25) is 5.50 Å². The van der Waals surface area contributed by atoms with E-state index in [0.29, 0.717) is 19.1 Å². The molecule has 0 aliphatic carbocycles. The van der Waals surface area contributed by atoms with Crippen LogP contribution < -0.4 is 5.50 Å². The van der Waals surface area contributed by atoms with Gasteiger partial charge in [0, 0.05) is 12.6 Å². The summed E-state index contributed by atoms with van der Waals surface area (Å²) in [4.78, 5) is 0. The lowest BCUT2D eigenvalue weighted by Crippen LogP contribution is -2.29. The van der Waals surface area contributed by atoms with Crippen LogP contribution in [0.1, 0.15) is 27.2 Å². The van der Waals surface area contributed by atoms with Crippen molar-refractivity contribution >= 4 is 8.45 Å². The van der Waals surface area contributed by atoms with Crippen LogP contribution in [0.25, 0.3) is 0 Å². The molecule has 5 heteroatoms. The Labute approximate surface area is 81.6 Å². The predicted octanol–water partition coefficient (Wildman–Crippen LogP) is 1.83. The molecule has 0 aromatic carbocycles. The highest BCUT2D eigenvalue weighted by atomic mass is 31.2. The highest BCUT2D eigenvalue weighted by molar-refractivity contribution is 7.47. The summed E-state index contributed by atoms with van der Waals surface area (Å²) in [6.45, 7) is 7.53. The Kier molecular flexibility index (Phi) is 7.12. The minimum atomic E-state index is -1.01. The SMILES string of the molecule is CCN(C(C)C)P(N)OCCC#N. The van der Waals surface area contributed by atoms with Crippen molar-refractivity contribution in [2.24, 2.45) is 5.50 Å². The summed E-state index contributed by atoms with van der Waals surface area (Å²) >= 11 is 0. The minimum Gasteiger partial charge on any atom is -0.331 e. The van der Waals surface area contributed by atoms with Crippen molar-refractivity contribution in [1.29, 1.82) is 5.26 Å². The van der Waals surface area contributed by atoms with Crippen LogP contribution in [0.5, 0.6) is 0 Å². The molecule has 2 N–H and O–H groups in total. The lowest BCUT2D eigenvalue weighted by Gasteiger charge is -2.29. The molecule has 1 atom stereocenters. The summed E-state index contributed by atoms with van der Waals surface area (Å²) in [6, 6.07) is 2.41. The Balaban J connectivity index is 3.78. The third-order valence-corrected chi connectivity index (χ3v) is 3.31. The van der Waals surface area contributed by atoms with Gasteiger partial charge in [0.1, 0.15) is 0 Å². The topological polar surface area (TPSA) is 62.3 Å². The quantitative estimate of drug-likeness (QED) is 0.528. The third-order valence-electron chi connectivity index (χ3n) is 1.61. The molecule has 0 rings (SSSR count). The molecule has 0 fully saturated rings. The second-order valence-corrected chi connectivity index (χ2v) is 4.27. The molecule has 0 saturated carbocycles. The number of hydrogen-bond donors (Lipinski definition) is 1. The van der Waals surface area contributed by atoms with Crippen molar-refractivity contribution in [3.05, 3.63) is 0 Å². The van der Waals surface area contributed by atoms with Gasteiger partial charge in [-0.1, -0.05) is 6.92 Å². The molecule has 0 aliphatic heterocycles. The molecule has 0 radical (unpaired) electrons. The maximum atomic E-state index is 8.31. The van der Waals surface area contributed by atoms with Gasteiger partial charge in [-0.25, -0.2) is 4.67 Å². The number of nitriles is 1. The Bertz CT molecular complexity index is 169. The maximum Gasteiger partial charge on any atom is 0.182 e. The van der Waals surface area contributed by atoms with E-state index in [-0.39, 0.29) is 0 Å². The Hall–Kier alpha value is -0.200. The molecule has 0 saturated heterocycles. The molecule has 0 aromatic heterocycles. The Morgan fingerprint density at radius 3 is 2.62 bits per heavy atom. The van der Waals surface area contributed by atoms with Crippen molar-refractivity contribution in [3.63, 3.8) is 0 Å². The lowest BCUT2D eigenvalue weighted by atomic mass is 10.4. The van der Waals surface area contributed by atoms with E-state index in [9.17, 15) is 0 Å². The summed E-state index contributed by atoms with van der Waals surface area (Å²) in [5, 5.41) is 8.31. The summed E-state index contributed by atoms with van der Waals surface area (Å²) in [7, 11) is -1.01. The first kappa shape index (κ1) is 12.8. The summed E-state index contributed by atoms with van der Waals surface area (Å²) < 4.78 is 7.43. The predicted molar refractivity (Wildman–Crippen MR) is 54.8 cm³/mol. The second kappa shape index (κ2) is 7.23. The van der Waals surface area contributed by atoms with Crippen molar-refractivity contribution in [2.75, 3.05) is 13.2 Å². The fourth-order valence-corrected chi connectivity index (χ4v) is 2.15. The van der Waals surface area contributed by atoms with Crippen LogP contribution in [0.2, 0.25) is 0 Å². The molecule has 0 amide bonds. The molecule has 0 aliphatic rings. The van der Waals surface area contributed by atoms with Crippen LogP contribution in [-0.4, -0.2) is 23.9 Å². The van der Waals surface area contributed by atoms with E-state index in [2.05, 4.69) is 25.4 Å². The van der Waals surface area contributed by atoms with Gasteiger partial charge >= 0.3 is 0 Å². The fraction of sp³-hybridized carbons (Fsp3) is 0.875. The Morgan fingerprint density at radius 1 is 1.62 bits per heavy atom. The monoisotopic (exact) mass is 203 g/mol. The van der Waals surface area contributed by atoms with Gasteiger partial charge in [-0.15, -0.1) is 0 Å². The summed E-state index contributed by atoms with van der Waals surface area (Å²) in [5.41, 5.74) is 5.83. The molecule has 0 spiro atoms. The van der Waals surface area contributed by atoms with E-state index in [4.69, 9.17) is 15.3 Å². The Morgan fingerprint density at radius 2 is 2.23 bits per heavy atom. The highest BCUT2D eigenvalue weighted by Crippen LogP contribution is 2.34. The average molecular weight is 203 g/mol. The molecule has 76 valence electrons. The second-order valence-electron chi connectivity index (χ2n) is 2.89. The van der Waals surface area contributed by atoms with Gasteiger partial charge < -0.3 is 4.52 Å². The normalized spacial score (nSPS) is 13.3. The zero-order valence-electron chi connectivity index (χ0n) is 8.53. The van der Waals surface area contributed by atoms with E-state index in [1.54, 1.807) is 0 Å². The number of hydrogen-bond acceptors (Lipinski definition) is 4. The number of nitrogens with zero attached hydrogens (tertiary/aromatic N) is 2. The first-order valence-electron chi connectivity index (χ1n) is 4.44. The van der Waals surface area contributed by atoms with Crippen molar-refractivity contribution in [2.45, 2.75) is 33.2 Å². The fourth-order valence-electron chi connectivity index (χ4n) is 0.991. The number of nitrogens with two attached hydrogens (primary N) is 1. The van der Waals surface area contributed by atoms with Crippen LogP contribution in [0.4, 0.5) is 0 Å². The van der Waals surface area contributed by atoms with E-state index >= 15 is 0 Å². The molecular weight excluding hydrogens is 185 g/mol. The van der Waals surface area contributed by atoms with Gasteiger partial charge in [-0.2, -0.15) is 5.26 Å². The van der Waals surface area contributed by atoms with Gasteiger partial charge in [0.05, 0.1) is 19.1 Å². The molecule has 13 heavy (non-hydrogen) atoms. The van der Waals surface area contributed by atoms with Gasteiger partial charge in [0.25, 0.3) is 0 Å². The van der Waals surface area contributed by atoms with Gasteiger partial charge in [0.15, 0.2) is 8.45 Å². The minimum absolute atomic E-state index is 0.392. The average Bonchev–Trinajstić information content (AvgIpc) is 2.05. The smallest absolute Gasteiger partial charge is 0.182 e. The van der Waals surface area contributed by atoms with Crippen molar-refractivity contribution < 1.29 is 4.52 Å². The van der Waals surface area contributed by atoms with Crippen LogP contribution in [0, 0.1) is 11.3 Å². The summed E-state index contributed by atoms with van der Waals surface area (Å²) in [5.74, 6) is 0. The maximum absolute atomic E-state index is 8.31. The standard InChI is InChI=1S/C8H18N3OP/c1-4-11(8(2)3)13(10)12-7-5-6-9/h8H,4-5,7,10H2,1-3H3. The van der Waals surface area contributed by atoms with Crippen LogP contribution in [-0.2, 0) is 4.52 Å². The van der Waals surface area contributed by atoms with Crippen LogP contribution in [0.15, 0.2) is 0 Å². The molecule has 0 aromatic rings. The van der Waals surface area contributed by atoms with Gasteiger partial charge in [0.2, 0.25) is 0 Å². The molecule has 0 heterocycles. The van der Waals surface area contributed by atoms with Crippen molar-refractivity contribution in [3.8, 4) is 6.07 Å². The molecule has 1 unspecified atom stereocenters. The zero-order valence-corrected chi connectivity index (χ0v) is 9.42. The van der Waals surface area contributed by atoms with E-state index in [1.165, 1.54) is 0 Å². The first-order valence-corrected chi connectivity index (χ1v) is 5.72. The van der Waals surface area contributed by atoms with E-state index in [0.717, 1.165) is 6.54 Å². The molecular formula is C8H18N3OP. The van der Waals surface area contributed by atoms with Crippen LogP contribution >= 0.6 is 8.45 Å². The highest BCUT2D eigenvalue weighted by Gasteiger charge is 2.16. The van der Waals surface area contributed by atoms with E-state index < -0.39 is 8.45 Å².